The molecule has 1 amide bonds. The van der Waals surface area contributed by atoms with Crippen LogP contribution in [0.25, 0.3) is 0 Å². The highest BCUT2D eigenvalue weighted by Gasteiger charge is 2.40. The van der Waals surface area contributed by atoms with Crippen molar-refractivity contribution in [2.45, 2.75) is 53.4 Å². The number of amides is 1. The van der Waals surface area contributed by atoms with Crippen LogP contribution in [-0.4, -0.2) is 37.0 Å². The first-order valence-electron chi connectivity index (χ1n) is 8.43. The minimum Gasteiger partial charge on any atom is -0.342 e. The van der Waals surface area contributed by atoms with Crippen LogP contribution in [0.3, 0.4) is 0 Å². The number of hydrogen-bond acceptors (Lipinski definition) is 2. The fourth-order valence-corrected chi connectivity index (χ4v) is 3.82. The Bertz CT molecular complexity index is 324. The first-order chi connectivity index (χ1) is 9.43. The summed E-state index contributed by atoms with van der Waals surface area (Å²) < 4.78 is 0. The molecule has 2 aliphatic heterocycles. The first kappa shape index (κ1) is 15.8. The Labute approximate surface area is 124 Å². The Balaban J connectivity index is 1.93. The smallest absolute Gasteiger partial charge is 0.228 e. The first-order valence-corrected chi connectivity index (χ1v) is 8.43. The van der Waals surface area contributed by atoms with Gasteiger partial charge in [0.1, 0.15) is 0 Å². The second-order valence-electron chi connectivity index (χ2n) is 7.64. The Hall–Kier alpha value is -0.570. The average molecular weight is 280 g/mol. The molecule has 0 aromatic heterocycles. The molecule has 2 aliphatic rings. The lowest BCUT2D eigenvalue weighted by molar-refractivity contribution is -0.145. The minimum atomic E-state index is -0.210. The number of piperidine rings is 2. The normalized spacial score (nSPS) is 26.1. The van der Waals surface area contributed by atoms with Crippen molar-refractivity contribution in [3.63, 3.8) is 0 Å². The van der Waals surface area contributed by atoms with Gasteiger partial charge in [-0.05, 0) is 56.5 Å². The van der Waals surface area contributed by atoms with Crippen molar-refractivity contribution in [2.75, 3.05) is 26.2 Å². The van der Waals surface area contributed by atoms with E-state index in [1.54, 1.807) is 0 Å². The maximum absolute atomic E-state index is 12.9. The molecule has 0 radical (unpaired) electrons. The highest BCUT2D eigenvalue weighted by Crippen LogP contribution is 2.35. The van der Waals surface area contributed by atoms with Crippen LogP contribution in [0, 0.1) is 23.2 Å². The Morgan fingerprint density at radius 3 is 2.35 bits per heavy atom. The van der Waals surface area contributed by atoms with E-state index in [1.807, 2.05) is 0 Å². The number of nitrogens with one attached hydrogen (secondary N) is 1. The number of nitrogens with zero attached hydrogens (tertiary/aromatic N) is 1. The average Bonchev–Trinajstić information content (AvgIpc) is 2.47. The van der Waals surface area contributed by atoms with E-state index in [2.05, 4.69) is 37.9 Å². The Morgan fingerprint density at radius 2 is 1.85 bits per heavy atom. The summed E-state index contributed by atoms with van der Waals surface area (Å²) in [6.45, 7) is 13.0. The molecule has 2 fully saturated rings. The Morgan fingerprint density at radius 1 is 1.20 bits per heavy atom. The molecule has 20 heavy (non-hydrogen) atoms. The molecule has 2 saturated heterocycles. The topological polar surface area (TPSA) is 32.3 Å². The summed E-state index contributed by atoms with van der Waals surface area (Å²) in [7, 11) is 0. The van der Waals surface area contributed by atoms with E-state index in [4.69, 9.17) is 0 Å². The van der Waals surface area contributed by atoms with Crippen molar-refractivity contribution in [1.82, 2.24) is 10.2 Å². The van der Waals surface area contributed by atoms with Gasteiger partial charge in [-0.2, -0.15) is 0 Å². The zero-order valence-electron chi connectivity index (χ0n) is 13.7. The lowest BCUT2D eigenvalue weighted by Gasteiger charge is -2.42. The fourth-order valence-electron chi connectivity index (χ4n) is 3.82. The van der Waals surface area contributed by atoms with Gasteiger partial charge in [0.2, 0.25) is 5.91 Å². The molecule has 3 nitrogen and oxygen atoms in total. The van der Waals surface area contributed by atoms with Crippen LogP contribution in [-0.2, 0) is 4.79 Å². The summed E-state index contributed by atoms with van der Waals surface area (Å²) in [5, 5.41) is 3.45. The molecule has 0 saturated carbocycles. The molecule has 2 rings (SSSR count). The van der Waals surface area contributed by atoms with Crippen LogP contribution in [0.1, 0.15) is 53.4 Å². The summed E-state index contributed by atoms with van der Waals surface area (Å²) in [5.41, 5.74) is -0.210. The summed E-state index contributed by atoms with van der Waals surface area (Å²) in [6.07, 6.45) is 4.76. The SMILES string of the molecule is CC(C)C1CCN(C(=O)C(C)(C)C2CCCNC2)CC1. The van der Waals surface area contributed by atoms with Gasteiger partial charge in [-0.15, -0.1) is 0 Å². The minimum absolute atomic E-state index is 0.210. The van der Waals surface area contributed by atoms with Crippen LogP contribution in [0.15, 0.2) is 0 Å². The van der Waals surface area contributed by atoms with E-state index < -0.39 is 0 Å². The molecule has 0 aromatic rings. The van der Waals surface area contributed by atoms with Crippen LogP contribution < -0.4 is 5.32 Å². The van der Waals surface area contributed by atoms with E-state index >= 15 is 0 Å². The standard InChI is InChI=1S/C17H32N2O/c1-13(2)14-7-10-19(11-8-14)16(20)17(3,4)15-6-5-9-18-12-15/h13-15,18H,5-12H2,1-4H3. The number of carbonyl (C=O) groups excluding carboxylic acids is 1. The van der Waals surface area contributed by atoms with Gasteiger partial charge in [0.25, 0.3) is 0 Å². The predicted octanol–water partition coefficient (Wildman–Crippen LogP) is 2.91. The monoisotopic (exact) mass is 280 g/mol. The van der Waals surface area contributed by atoms with Gasteiger partial charge in [0.05, 0.1) is 0 Å². The summed E-state index contributed by atoms with van der Waals surface area (Å²) in [4.78, 5) is 15.0. The zero-order valence-corrected chi connectivity index (χ0v) is 13.7. The second kappa shape index (κ2) is 6.46. The fraction of sp³-hybridized carbons (Fsp3) is 0.941. The van der Waals surface area contributed by atoms with Crippen molar-refractivity contribution in [2.24, 2.45) is 23.2 Å². The maximum Gasteiger partial charge on any atom is 0.228 e. The van der Waals surface area contributed by atoms with Gasteiger partial charge < -0.3 is 10.2 Å². The van der Waals surface area contributed by atoms with Crippen molar-refractivity contribution < 1.29 is 4.79 Å². The number of carbonyl (C=O) groups is 1. The van der Waals surface area contributed by atoms with Crippen LogP contribution in [0.5, 0.6) is 0 Å². The van der Waals surface area contributed by atoms with Gasteiger partial charge in [0, 0.05) is 18.5 Å². The third-order valence-corrected chi connectivity index (χ3v) is 5.64. The molecule has 2 heterocycles. The summed E-state index contributed by atoms with van der Waals surface area (Å²) >= 11 is 0. The lowest BCUT2D eigenvalue weighted by atomic mass is 9.73. The van der Waals surface area contributed by atoms with E-state index in [0.717, 1.165) is 38.0 Å². The van der Waals surface area contributed by atoms with Gasteiger partial charge in [-0.3, -0.25) is 4.79 Å². The molecule has 1 atom stereocenters. The highest BCUT2D eigenvalue weighted by atomic mass is 16.2. The van der Waals surface area contributed by atoms with Gasteiger partial charge in [-0.25, -0.2) is 0 Å². The van der Waals surface area contributed by atoms with Gasteiger partial charge in [0.15, 0.2) is 0 Å². The second-order valence-corrected chi connectivity index (χ2v) is 7.64. The molecular weight excluding hydrogens is 248 g/mol. The van der Waals surface area contributed by atoms with E-state index in [0.29, 0.717) is 11.8 Å². The molecule has 0 bridgehead atoms. The van der Waals surface area contributed by atoms with Crippen molar-refractivity contribution in [3.05, 3.63) is 0 Å². The van der Waals surface area contributed by atoms with E-state index in [1.165, 1.54) is 25.7 Å². The molecule has 0 aromatic carbocycles. The van der Waals surface area contributed by atoms with Crippen molar-refractivity contribution in [1.29, 1.82) is 0 Å². The summed E-state index contributed by atoms with van der Waals surface area (Å²) in [5.74, 6) is 2.43. The number of hydrogen-bond donors (Lipinski definition) is 1. The predicted molar refractivity (Wildman–Crippen MR) is 83.5 cm³/mol. The molecule has 1 unspecified atom stereocenters. The van der Waals surface area contributed by atoms with Gasteiger partial charge in [-0.1, -0.05) is 27.7 Å². The van der Waals surface area contributed by atoms with Crippen molar-refractivity contribution in [3.8, 4) is 0 Å². The highest BCUT2D eigenvalue weighted by molar-refractivity contribution is 5.82. The quantitative estimate of drug-likeness (QED) is 0.862. The largest absolute Gasteiger partial charge is 0.342 e. The molecule has 1 N–H and O–H groups in total. The van der Waals surface area contributed by atoms with Gasteiger partial charge >= 0.3 is 0 Å². The third-order valence-electron chi connectivity index (χ3n) is 5.64. The molecular formula is C17H32N2O. The van der Waals surface area contributed by atoms with Crippen LogP contribution in [0.2, 0.25) is 0 Å². The molecule has 0 aliphatic carbocycles. The van der Waals surface area contributed by atoms with Crippen LogP contribution >= 0.6 is 0 Å². The lowest BCUT2D eigenvalue weighted by Crippen LogP contribution is -2.51. The maximum atomic E-state index is 12.9. The Kier molecular flexibility index (Phi) is 5.11. The van der Waals surface area contributed by atoms with Crippen molar-refractivity contribution >= 4 is 5.91 Å². The zero-order chi connectivity index (χ0) is 14.8. The molecule has 116 valence electrons. The molecule has 3 heteroatoms. The van der Waals surface area contributed by atoms with E-state index in [-0.39, 0.29) is 5.41 Å². The number of likely N-dealkylation sites (tertiary alicyclic amines) is 1. The molecule has 0 spiro atoms. The number of rotatable bonds is 3. The third kappa shape index (κ3) is 3.36. The summed E-state index contributed by atoms with van der Waals surface area (Å²) in [6, 6.07) is 0. The van der Waals surface area contributed by atoms with E-state index in [9.17, 15) is 4.79 Å². The van der Waals surface area contributed by atoms with Crippen LogP contribution in [0.4, 0.5) is 0 Å².